The van der Waals surface area contributed by atoms with Crippen molar-refractivity contribution in [3.05, 3.63) is 72.7 Å². The first-order valence-corrected chi connectivity index (χ1v) is 8.55. The van der Waals surface area contributed by atoms with E-state index in [9.17, 15) is 0 Å². The quantitative estimate of drug-likeness (QED) is 0.592. The Morgan fingerprint density at radius 3 is 2.38 bits per heavy atom. The lowest BCUT2D eigenvalue weighted by Crippen LogP contribution is -2.07. The number of benzene rings is 2. The zero-order valence-corrected chi connectivity index (χ0v) is 15.1. The van der Waals surface area contributed by atoms with E-state index in [-0.39, 0.29) is 0 Å². The van der Waals surface area contributed by atoms with Gasteiger partial charge in [-0.05, 0) is 31.2 Å². The number of hydrogen-bond acceptors (Lipinski definition) is 4. The summed E-state index contributed by atoms with van der Waals surface area (Å²) in [6, 6.07) is 16.8. The highest BCUT2D eigenvalue weighted by molar-refractivity contribution is 5.80. The van der Waals surface area contributed by atoms with Gasteiger partial charge in [-0.2, -0.15) is 0 Å². The van der Waals surface area contributed by atoms with Crippen LogP contribution in [0, 0.1) is 6.92 Å². The number of anilines is 3. The number of nitrogens with zero attached hydrogens (tertiary/aromatic N) is 4. The molecule has 0 atom stereocenters. The van der Waals surface area contributed by atoms with Gasteiger partial charge >= 0.3 is 0 Å². The molecule has 0 aliphatic rings. The molecule has 130 valence electrons. The van der Waals surface area contributed by atoms with E-state index < -0.39 is 0 Å². The van der Waals surface area contributed by atoms with Crippen molar-refractivity contribution in [2.24, 2.45) is 0 Å². The van der Waals surface area contributed by atoms with Gasteiger partial charge in [0.1, 0.15) is 11.5 Å². The highest BCUT2D eigenvalue weighted by Gasteiger charge is 2.14. The molecule has 0 saturated heterocycles. The third-order valence-corrected chi connectivity index (χ3v) is 4.40. The largest absolute Gasteiger partial charge is 0.378 e. The molecule has 0 amide bonds. The van der Waals surface area contributed by atoms with E-state index in [1.54, 1.807) is 12.4 Å². The van der Waals surface area contributed by atoms with Crippen LogP contribution in [0.25, 0.3) is 16.9 Å². The molecule has 0 radical (unpaired) electrons. The standard InChI is InChI=1S/C21H21N5/c1-15-4-8-17(9-5-15)23-21-20(24-19-14-22-12-13-26(19)21)16-6-10-18(11-7-16)25(2)3/h4-14,23H,1-3H3. The van der Waals surface area contributed by atoms with Gasteiger partial charge in [0.25, 0.3) is 0 Å². The first-order valence-electron chi connectivity index (χ1n) is 8.55. The molecule has 0 aliphatic heterocycles. The third-order valence-electron chi connectivity index (χ3n) is 4.40. The fourth-order valence-corrected chi connectivity index (χ4v) is 2.92. The molecule has 0 fully saturated rings. The number of hydrogen-bond donors (Lipinski definition) is 1. The van der Waals surface area contributed by atoms with E-state index in [0.717, 1.165) is 34.1 Å². The van der Waals surface area contributed by atoms with Crippen molar-refractivity contribution in [2.45, 2.75) is 6.92 Å². The third kappa shape index (κ3) is 2.99. The van der Waals surface area contributed by atoms with Gasteiger partial charge < -0.3 is 10.2 Å². The molecule has 2 aromatic carbocycles. The van der Waals surface area contributed by atoms with Gasteiger partial charge in [-0.3, -0.25) is 9.38 Å². The second-order valence-corrected chi connectivity index (χ2v) is 6.55. The molecule has 5 heteroatoms. The predicted octanol–water partition coefficient (Wildman–Crippen LogP) is 4.51. The molecular weight excluding hydrogens is 322 g/mol. The van der Waals surface area contributed by atoms with Crippen molar-refractivity contribution >= 4 is 22.8 Å². The van der Waals surface area contributed by atoms with Crippen LogP contribution in [0.2, 0.25) is 0 Å². The molecule has 4 aromatic rings. The van der Waals surface area contributed by atoms with Crippen molar-refractivity contribution in [1.82, 2.24) is 14.4 Å². The minimum Gasteiger partial charge on any atom is -0.378 e. The molecule has 5 nitrogen and oxygen atoms in total. The van der Waals surface area contributed by atoms with Gasteiger partial charge in [0, 0.05) is 43.4 Å². The van der Waals surface area contributed by atoms with Crippen molar-refractivity contribution in [2.75, 3.05) is 24.3 Å². The van der Waals surface area contributed by atoms with Gasteiger partial charge in [-0.15, -0.1) is 0 Å². The number of rotatable bonds is 4. The minimum atomic E-state index is 0.814. The summed E-state index contributed by atoms with van der Waals surface area (Å²) >= 11 is 0. The first-order chi connectivity index (χ1) is 12.6. The fourth-order valence-electron chi connectivity index (χ4n) is 2.92. The molecular formula is C21H21N5. The van der Waals surface area contributed by atoms with Crippen molar-refractivity contribution in [1.29, 1.82) is 0 Å². The van der Waals surface area contributed by atoms with E-state index in [4.69, 9.17) is 4.98 Å². The second-order valence-electron chi connectivity index (χ2n) is 6.55. The number of aromatic nitrogens is 3. The average molecular weight is 343 g/mol. The summed E-state index contributed by atoms with van der Waals surface area (Å²) in [7, 11) is 4.08. The molecule has 4 rings (SSSR count). The van der Waals surface area contributed by atoms with Gasteiger partial charge in [-0.1, -0.05) is 29.8 Å². The van der Waals surface area contributed by atoms with Gasteiger partial charge in [0.2, 0.25) is 0 Å². The van der Waals surface area contributed by atoms with Crippen LogP contribution in [0.3, 0.4) is 0 Å². The Bertz CT molecular complexity index is 1030. The van der Waals surface area contributed by atoms with E-state index in [2.05, 4.69) is 70.7 Å². The first kappa shape index (κ1) is 16.1. The van der Waals surface area contributed by atoms with Crippen LogP contribution in [0.5, 0.6) is 0 Å². The molecule has 26 heavy (non-hydrogen) atoms. The van der Waals surface area contributed by atoms with Crippen LogP contribution in [0.1, 0.15) is 5.56 Å². The Morgan fingerprint density at radius 1 is 0.962 bits per heavy atom. The summed E-state index contributed by atoms with van der Waals surface area (Å²) in [5, 5.41) is 3.52. The highest BCUT2D eigenvalue weighted by Crippen LogP contribution is 2.31. The SMILES string of the molecule is Cc1ccc(Nc2c(-c3ccc(N(C)C)cc3)nc3cnccn23)cc1. The molecule has 2 heterocycles. The van der Waals surface area contributed by atoms with Crippen LogP contribution in [0.15, 0.2) is 67.1 Å². The summed E-state index contributed by atoms with van der Waals surface area (Å²) < 4.78 is 2.03. The van der Waals surface area contributed by atoms with E-state index >= 15 is 0 Å². The molecule has 0 spiro atoms. The van der Waals surface area contributed by atoms with Crippen LogP contribution < -0.4 is 10.2 Å². The second kappa shape index (κ2) is 6.52. The number of imidazole rings is 1. The van der Waals surface area contributed by atoms with Gasteiger partial charge in [0.05, 0.1) is 6.20 Å². The van der Waals surface area contributed by atoms with Crippen molar-refractivity contribution in [3.8, 4) is 11.3 Å². The number of aryl methyl sites for hydroxylation is 1. The van der Waals surface area contributed by atoms with Crippen molar-refractivity contribution < 1.29 is 0 Å². The summed E-state index contributed by atoms with van der Waals surface area (Å²) in [5.74, 6) is 0.934. The average Bonchev–Trinajstić information content (AvgIpc) is 3.02. The molecule has 2 aromatic heterocycles. The topological polar surface area (TPSA) is 45.5 Å². The zero-order valence-electron chi connectivity index (χ0n) is 15.1. The minimum absolute atomic E-state index is 0.814. The van der Waals surface area contributed by atoms with Crippen molar-refractivity contribution in [3.63, 3.8) is 0 Å². The van der Waals surface area contributed by atoms with Crippen LogP contribution in [0.4, 0.5) is 17.2 Å². The molecule has 1 N–H and O–H groups in total. The Balaban J connectivity index is 1.82. The lowest BCUT2D eigenvalue weighted by molar-refractivity contribution is 1.13. The fraction of sp³-hybridized carbons (Fsp3) is 0.143. The smallest absolute Gasteiger partial charge is 0.157 e. The summed E-state index contributed by atoms with van der Waals surface area (Å²) in [5.41, 5.74) is 6.21. The summed E-state index contributed by atoms with van der Waals surface area (Å²) in [6.45, 7) is 2.08. The van der Waals surface area contributed by atoms with E-state index in [1.165, 1.54) is 5.56 Å². The van der Waals surface area contributed by atoms with Gasteiger partial charge in [0.15, 0.2) is 5.65 Å². The predicted molar refractivity (Wildman–Crippen MR) is 107 cm³/mol. The zero-order chi connectivity index (χ0) is 18.1. The summed E-state index contributed by atoms with van der Waals surface area (Å²) in [4.78, 5) is 11.1. The highest BCUT2D eigenvalue weighted by atomic mass is 15.1. The Labute approximate surface area is 153 Å². The maximum Gasteiger partial charge on any atom is 0.157 e. The number of fused-ring (bicyclic) bond motifs is 1. The lowest BCUT2D eigenvalue weighted by Gasteiger charge is -2.13. The normalized spacial score (nSPS) is 10.9. The van der Waals surface area contributed by atoms with E-state index in [0.29, 0.717) is 0 Å². The Morgan fingerprint density at radius 2 is 1.69 bits per heavy atom. The van der Waals surface area contributed by atoms with E-state index in [1.807, 2.05) is 24.7 Å². The van der Waals surface area contributed by atoms with Crippen LogP contribution in [-0.2, 0) is 0 Å². The summed E-state index contributed by atoms with van der Waals surface area (Å²) in [6.07, 6.45) is 5.47. The Kier molecular flexibility index (Phi) is 4.05. The lowest BCUT2D eigenvalue weighted by atomic mass is 10.1. The maximum atomic E-state index is 4.80. The molecule has 0 unspecified atom stereocenters. The maximum absolute atomic E-state index is 4.80. The van der Waals surface area contributed by atoms with Crippen LogP contribution in [-0.4, -0.2) is 28.5 Å². The van der Waals surface area contributed by atoms with Crippen LogP contribution >= 0.6 is 0 Å². The monoisotopic (exact) mass is 343 g/mol. The molecule has 0 aliphatic carbocycles. The number of nitrogens with one attached hydrogen (secondary N) is 1. The molecule has 0 saturated carbocycles. The Hall–Kier alpha value is -3.34. The molecule has 0 bridgehead atoms. The van der Waals surface area contributed by atoms with Gasteiger partial charge in [-0.25, -0.2) is 4.98 Å².